The second kappa shape index (κ2) is 8.77. The van der Waals surface area contributed by atoms with Crippen LogP contribution in [0, 0.1) is 0 Å². The maximum atomic E-state index is 13.0. The van der Waals surface area contributed by atoms with Gasteiger partial charge in [0.25, 0.3) is 5.91 Å². The van der Waals surface area contributed by atoms with Gasteiger partial charge in [0.05, 0.1) is 0 Å². The summed E-state index contributed by atoms with van der Waals surface area (Å²) in [5.74, 6) is -0.0257. The van der Waals surface area contributed by atoms with Crippen LogP contribution < -0.4 is 0 Å². The van der Waals surface area contributed by atoms with Gasteiger partial charge >= 0.3 is 0 Å². The molecule has 0 aromatic heterocycles. The normalized spacial score (nSPS) is 10.3. The molecule has 0 spiro atoms. The van der Waals surface area contributed by atoms with Crippen molar-refractivity contribution in [2.45, 2.75) is 13.0 Å². The van der Waals surface area contributed by atoms with E-state index in [9.17, 15) is 9.59 Å². The maximum Gasteiger partial charge on any atom is 0.254 e. The average molecular weight is 343 g/mol. The van der Waals surface area contributed by atoms with Crippen LogP contribution in [0.4, 0.5) is 0 Å². The Morgan fingerprint density at radius 1 is 0.769 bits per heavy atom. The molecule has 0 heterocycles. The van der Waals surface area contributed by atoms with Crippen molar-refractivity contribution in [3.8, 4) is 0 Å². The molecule has 0 saturated carbocycles. The van der Waals surface area contributed by atoms with Gasteiger partial charge in [-0.1, -0.05) is 72.8 Å². The van der Waals surface area contributed by atoms with Crippen LogP contribution in [0.1, 0.15) is 31.8 Å². The van der Waals surface area contributed by atoms with E-state index < -0.39 is 0 Å². The molecular weight excluding hydrogens is 322 g/mol. The minimum Gasteiger partial charge on any atom is -0.334 e. The first-order chi connectivity index (χ1) is 12.8. The van der Waals surface area contributed by atoms with E-state index >= 15 is 0 Å². The van der Waals surface area contributed by atoms with Gasteiger partial charge < -0.3 is 4.90 Å². The van der Waals surface area contributed by atoms with Gasteiger partial charge in [-0.3, -0.25) is 9.59 Å². The summed E-state index contributed by atoms with van der Waals surface area (Å²) in [6.07, 6.45) is 1.58. The number of hydrogen-bond donors (Lipinski definition) is 0. The molecule has 0 unspecified atom stereocenters. The Balaban J connectivity index is 1.78. The van der Waals surface area contributed by atoms with Crippen molar-refractivity contribution in [2.75, 3.05) is 6.54 Å². The Labute approximate surface area is 153 Å². The molecule has 3 nitrogen and oxygen atoms in total. The number of rotatable bonds is 7. The number of aldehydes is 1. The molecule has 0 saturated heterocycles. The molecule has 0 atom stereocenters. The number of hydrogen-bond acceptors (Lipinski definition) is 2. The Morgan fingerprint density at radius 2 is 1.35 bits per heavy atom. The lowest BCUT2D eigenvalue weighted by atomic mass is 10.1. The first kappa shape index (κ1) is 17.6. The molecule has 3 heteroatoms. The van der Waals surface area contributed by atoms with Crippen molar-refractivity contribution >= 4 is 12.2 Å². The quantitative estimate of drug-likeness (QED) is 0.597. The minimum atomic E-state index is -0.0257. The highest BCUT2D eigenvalue weighted by atomic mass is 16.2. The molecule has 3 aromatic carbocycles. The van der Waals surface area contributed by atoms with Crippen molar-refractivity contribution in [1.82, 2.24) is 4.90 Å². The third kappa shape index (κ3) is 4.67. The van der Waals surface area contributed by atoms with Crippen molar-refractivity contribution in [2.24, 2.45) is 0 Å². The number of carbonyl (C=O) groups excluding carboxylic acids is 2. The fourth-order valence-corrected chi connectivity index (χ4v) is 2.85. The number of nitrogens with zero attached hydrogens (tertiary/aromatic N) is 1. The monoisotopic (exact) mass is 343 g/mol. The van der Waals surface area contributed by atoms with Crippen molar-refractivity contribution in [1.29, 1.82) is 0 Å². The van der Waals surface area contributed by atoms with Crippen LogP contribution in [0.15, 0.2) is 84.9 Å². The minimum absolute atomic E-state index is 0.0257. The molecule has 1 amide bonds. The summed E-state index contributed by atoms with van der Waals surface area (Å²) in [5, 5.41) is 0. The van der Waals surface area contributed by atoms with Gasteiger partial charge in [0, 0.05) is 24.2 Å². The maximum absolute atomic E-state index is 13.0. The van der Waals surface area contributed by atoms with E-state index in [1.54, 1.807) is 24.3 Å². The lowest BCUT2D eigenvalue weighted by Crippen LogP contribution is -2.32. The molecule has 0 radical (unpaired) electrons. The molecule has 0 aliphatic rings. The van der Waals surface area contributed by atoms with E-state index in [-0.39, 0.29) is 5.91 Å². The Bertz CT molecular complexity index is 842. The van der Waals surface area contributed by atoms with Crippen LogP contribution >= 0.6 is 0 Å². The molecule has 0 aliphatic carbocycles. The zero-order valence-corrected chi connectivity index (χ0v) is 14.5. The molecule has 0 bridgehead atoms. The summed E-state index contributed by atoms with van der Waals surface area (Å²) in [6.45, 7) is 1.19. The van der Waals surface area contributed by atoms with E-state index in [1.807, 2.05) is 53.4 Å². The smallest absolute Gasteiger partial charge is 0.254 e. The summed E-state index contributed by atoms with van der Waals surface area (Å²) in [5.41, 5.74) is 3.47. The van der Waals surface area contributed by atoms with Gasteiger partial charge in [-0.2, -0.15) is 0 Å². The van der Waals surface area contributed by atoms with Crippen molar-refractivity contribution < 1.29 is 9.59 Å². The fourth-order valence-electron chi connectivity index (χ4n) is 2.85. The lowest BCUT2D eigenvalue weighted by Gasteiger charge is -2.23. The van der Waals surface area contributed by atoms with E-state index in [1.165, 1.54) is 5.56 Å². The number of benzene rings is 3. The van der Waals surface area contributed by atoms with Crippen LogP contribution in [0.3, 0.4) is 0 Å². The standard InChI is InChI=1S/C23H21NO2/c25-18-21-11-13-22(14-12-21)23(26)24(17-20-9-5-2-6-10-20)16-15-19-7-3-1-4-8-19/h1-14,18H,15-17H2. The number of amides is 1. The molecule has 130 valence electrons. The van der Waals surface area contributed by atoms with E-state index in [0.29, 0.717) is 24.2 Å². The third-order valence-corrected chi connectivity index (χ3v) is 4.31. The third-order valence-electron chi connectivity index (χ3n) is 4.31. The Kier molecular flexibility index (Phi) is 5.94. The summed E-state index contributed by atoms with van der Waals surface area (Å²) in [4.78, 5) is 25.7. The first-order valence-electron chi connectivity index (χ1n) is 8.68. The molecule has 0 aliphatic heterocycles. The molecule has 26 heavy (non-hydrogen) atoms. The molecule has 3 rings (SSSR count). The lowest BCUT2D eigenvalue weighted by molar-refractivity contribution is 0.0745. The van der Waals surface area contributed by atoms with Gasteiger partial charge in [0.2, 0.25) is 0 Å². The van der Waals surface area contributed by atoms with Crippen molar-refractivity contribution in [3.63, 3.8) is 0 Å². The van der Waals surface area contributed by atoms with Crippen LogP contribution in [0.2, 0.25) is 0 Å². The van der Waals surface area contributed by atoms with Crippen LogP contribution in [-0.2, 0) is 13.0 Å². The zero-order chi connectivity index (χ0) is 18.2. The highest BCUT2D eigenvalue weighted by Crippen LogP contribution is 2.13. The van der Waals surface area contributed by atoms with Gasteiger partial charge in [-0.15, -0.1) is 0 Å². The van der Waals surface area contributed by atoms with Crippen LogP contribution in [0.5, 0.6) is 0 Å². The summed E-state index contributed by atoms with van der Waals surface area (Å²) in [7, 11) is 0. The van der Waals surface area contributed by atoms with Gasteiger partial charge in [0.15, 0.2) is 0 Å². The topological polar surface area (TPSA) is 37.4 Å². The first-order valence-corrected chi connectivity index (χ1v) is 8.68. The predicted molar refractivity (Wildman–Crippen MR) is 103 cm³/mol. The van der Waals surface area contributed by atoms with E-state index in [0.717, 1.165) is 18.3 Å². The average Bonchev–Trinajstić information content (AvgIpc) is 2.72. The predicted octanol–water partition coefficient (Wildman–Crippen LogP) is 4.38. The highest BCUT2D eigenvalue weighted by molar-refractivity contribution is 5.94. The summed E-state index contributed by atoms with van der Waals surface area (Å²) < 4.78 is 0. The van der Waals surface area contributed by atoms with Gasteiger partial charge in [-0.05, 0) is 29.7 Å². The molecular formula is C23H21NO2. The second-order valence-electron chi connectivity index (χ2n) is 6.19. The zero-order valence-electron chi connectivity index (χ0n) is 14.5. The highest BCUT2D eigenvalue weighted by Gasteiger charge is 2.16. The largest absolute Gasteiger partial charge is 0.334 e. The van der Waals surface area contributed by atoms with Gasteiger partial charge in [0.1, 0.15) is 6.29 Å². The second-order valence-corrected chi connectivity index (χ2v) is 6.19. The summed E-state index contributed by atoms with van der Waals surface area (Å²) in [6, 6.07) is 26.9. The van der Waals surface area contributed by atoms with E-state index in [2.05, 4.69) is 12.1 Å². The van der Waals surface area contributed by atoms with Crippen molar-refractivity contribution in [3.05, 3.63) is 107 Å². The van der Waals surface area contributed by atoms with Crippen LogP contribution in [0.25, 0.3) is 0 Å². The SMILES string of the molecule is O=Cc1ccc(C(=O)N(CCc2ccccc2)Cc2ccccc2)cc1. The van der Waals surface area contributed by atoms with E-state index in [4.69, 9.17) is 0 Å². The molecule has 0 fully saturated rings. The molecule has 3 aromatic rings. The Morgan fingerprint density at radius 3 is 1.92 bits per heavy atom. The fraction of sp³-hybridized carbons (Fsp3) is 0.130. The Hall–Kier alpha value is -3.20. The van der Waals surface area contributed by atoms with Gasteiger partial charge in [-0.25, -0.2) is 0 Å². The summed E-state index contributed by atoms with van der Waals surface area (Å²) >= 11 is 0. The molecule has 0 N–H and O–H groups in total. The number of carbonyl (C=O) groups is 2. The van der Waals surface area contributed by atoms with Crippen LogP contribution in [-0.4, -0.2) is 23.6 Å².